The number of thiophene rings is 1. The van der Waals surface area contributed by atoms with E-state index in [1.807, 2.05) is 48.7 Å². The van der Waals surface area contributed by atoms with Gasteiger partial charge in [-0.1, -0.05) is 30.3 Å². The van der Waals surface area contributed by atoms with Gasteiger partial charge in [0.2, 0.25) is 5.91 Å². The van der Waals surface area contributed by atoms with Gasteiger partial charge in [-0.05, 0) is 42.6 Å². The Bertz CT molecular complexity index is 989. The Morgan fingerprint density at radius 2 is 2.08 bits per heavy atom. The lowest BCUT2D eigenvalue weighted by Crippen LogP contribution is -2.27. The molecule has 0 radical (unpaired) electrons. The summed E-state index contributed by atoms with van der Waals surface area (Å²) in [6.07, 6.45) is 0.905. The fourth-order valence-electron chi connectivity index (χ4n) is 2.71. The maximum atomic E-state index is 12.4. The summed E-state index contributed by atoms with van der Waals surface area (Å²) >= 11 is 6.65. The van der Waals surface area contributed by atoms with E-state index in [4.69, 9.17) is 12.2 Å². The first kappa shape index (κ1) is 17.6. The Morgan fingerprint density at radius 1 is 1.32 bits per heavy atom. The van der Waals surface area contributed by atoms with Crippen LogP contribution in [0.3, 0.4) is 0 Å². The van der Waals surface area contributed by atoms with Crippen molar-refractivity contribution in [3.05, 3.63) is 62.5 Å². The number of fused-ring (bicyclic) bond motifs is 1. The van der Waals surface area contributed by atoms with Crippen molar-refractivity contribution in [1.29, 1.82) is 0 Å². The molecule has 1 aromatic carbocycles. The van der Waals surface area contributed by atoms with Crippen LogP contribution in [-0.2, 0) is 11.3 Å². The maximum absolute atomic E-state index is 12.4. The lowest BCUT2D eigenvalue weighted by Gasteiger charge is -2.14. The summed E-state index contributed by atoms with van der Waals surface area (Å²) in [5.74, 6) is -0.0310. The molecular formula is C18H19N3O2S2. The topological polar surface area (TPSA) is 66.9 Å². The second-order valence-corrected chi connectivity index (χ2v) is 7.16. The van der Waals surface area contributed by atoms with Crippen molar-refractivity contribution in [2.75, 3.05) is 0 Å². The molecule has 0 saturated carbocycles. The highest BCUT2D eigenvalue weighted by Gasteiger charge is 2.10. The first-order chi connectivity index (χ1) is 12.1. The van der Waals surface area contributed by atoms with E-state index in [1.165, 1.54) is 15.9 Å². The molecule has 130 valence electrons. The van der Waals surface area contributed by atoms with Gasteiger partial charge in [0.25, 0.3) is 5.56 Å². The number of nitrogens with zero attached hydrogens (tertiary/aromatic N) is 1. The van der Waals surface area contributed by atoms with Gasteiger partial charge in [0, 0.05) is 13.0 Å². The van der Waals surface area contributed by atoms with Crippen LogP contribution in [0.25, 0.3) is 10.2 Å². The number of nitrogens with one attached hydrogen (secondary N) is 2. The lowest BCUT2D eigenvalue weighted by atomic mass is 10.1. The van der Waals surface area contributed by atoms with Crippen molar-refractivity contribution < 1.29 is 4.79 Å². The Balaban J connectivity index is 1.59. The highest BCUT2D eigenvalue weighted by Crippen LogP contribution is 2.14. The van der Waals surface area contributed by atoms with E-state index in [9.17, 15) is 9.59 Å². The summed E-state index contributed by atoms with van der Waals surface area (Å²) in [6.45, 7) is 2.38. The summed E-state index contributed by atoms with van der Waals surface area (Å²) in [4.78, 5) is 27.6. The van der Waals surface area contributed by atoms with Crippen LogP contribution in [0.15, 0.2) is 46.6 Å². The largest absolute Gasteiger partial charge is 0.350 e. The molecule has 1 amide bonds. The van der Waals surface area contributed by atoms with Gasteiger partial charge in [-0.25, -0.2) is 0 Å². The third-order valence-electron chi connectivity index (χ3n) is 4.05. The Hall–Kier alpha value is -2.25. The summed E-state index contributed by atoms with van der Waals surface area (Å²) in [5, 5.41) is 4.84. The molecule has 0 spiro atoms. The number of amides is 1. The SMILES string of the molecule is C[C@@H](NC(=O)CCCn1c(=S)[nH]c2ccsc2c1=O)c1ccccc1. The van der Waals surface area contributed by atoms with E-state index in [0.717, 1.165) is 11.1 Å². The molecule has 0 fully saturated rings. The zero-order chi connectivity index (χ0) is 17.8. The number of benzene rings is 1. The maximum Gasteiger partial charge on any atom is 0.272 e. The summed E-state index contributed by atoms with van der Waals surface area (Å²) in [5.41, 5.74) is 1.75. The molecule has 5 nitrogen and oxygen atoms in total. The second kappa shape index (κ2) is 7.76. The molecule has 0 aliphatic rings. The van der Waals surface area contributed by atoms with Crippen LogP contribution in [-0.4, -0.2) is 15.5 Å². The van der Waals surface area contributed by atoms with Gasteiger partial charge >= 0.3 is 0 Å². The molecule has 2 N–H and O–H groups in total. The summed E-state index contributed by atoms with van der Waals surface area (Å²) in [7, 11) is 0. The predicted octanol–water partition coefficient (Wildman–Crippen LogP) is 3.78. The van der Waals surface area contributed by atoms with E-state index >= 15 is 0 Å². The zero-order valence-electron chi connectivity index (χ0n) is 13.8. The van der Waals surface area contributed by atoms with Crippen molar-refractivity contribution in [1.82, 2.24) is 14.9 Å². The van der Waals surface area contributed by atoms with Crippen LogP contribution in [0, 0.1) is 4.77 Å². The number of carbonyl (C=O) groups excluding carboxylic acids is 1. The zero-order valence-corrected chi connectivity index (χ0v) is 15.5. The van der Waals surface area contributed by atoms with Crippen molar-refractivity contribution in [3.63, 3.8) is 0 Å². The number of hydrogen-bond acceptors (Lipinski definition) is 4. The van der Waals surface area contributed by atoms with Crippen molar-refractivity contribution >= 4 is 39.7 Å². The number of rotatable bonds is 6. The van der Waals surface area contributed by atoms with Crippen LogP contribution in [0.1, 0.15) is 31.4 Å². The van der Waals surface area contributed by atoms with Gasteiger partial charge in [0.05, 0.1) is 11.6 Å². The number of hydrogen-bond donors (Lipinski definition) is 2. The van der Waals surface area contributed by atoms with E-state index < -0.39 is 0 Å². The molecule has 2 aromatic heterocycles. The molecule has 0 bridgehead atoms. The molecule has 3 rings (SSSR count). The van der Waals surface area contributed by atoms with Gasteiger partial charge in [-0.15, -0.1) is 11.3 Å². The quantitative estimate of drug-likeness (QED) is 0.646. The molecule has 25 heavy (non-hydrogen) atoms. The van der Waals surface area contributed by atoms with Crippen LogP contribution in [0.5, 0.6) is 0 Å². The first-order valence-corrected chi connectivity index (χ1v) is 9.39. The van der Waals surface area contributed by atoms with Gasteiger partial charge in [-0.3, -0.25) is 14.2 Å². The number of H-pyrrole nitrogens is 1. The van der Waals surface area contributed by atoms with Crippen molar-refractivity contribution in [2.24, 2.45) is 0 Å². The van der Waals surface area contributed by atoms with Gasteiger partial charge in [0.15, 0.2) is 4.77 Å². The van der Waals surface area contributed by atoms with E-state index in [2.05, 4.69) is 10.3 Å². The molecular weight excluding hydrogens is 354 g/mol. The normalized spacial score (nSPS) is 12.2. The standard InChI is InChI=1S/C18H19N3O2S2/c1-12(13-6-3-2-4-7-13)19-15(22)8-5-10-21-17(23)16-14(9-11-25-16)20-18(21)24/h2-4,6-7,9,11-12H,5,8,10H2,1H3,(H,19,22)(H,20,24)/t12-/m1/s1. The van der Waals surface area contributed by atoms with Crippen molar-refractivity contribution in [3.8, 4) is 0 Å². The van der Waals surface area contributed by atoms with E-state index in [1.54, 1.807) is 0 Å². The van der Waals surface area contributed by atoms with Gasteiger partial charge < -0.3 is 10.3 Å². The fourth-order valence-corrected chi connectivity index (χ4v) is 3.79. The smallest absolute Gasteiger partial charge is 0.272 e. The third-order valence-corrected chi connectivity index (χ3v) is 5.28. The number of aromatic amines is 1. The average Bonchev–Trinajstić information content (AvgIpc) is 3.07. The highest BCUT2D eigenvalue weighted by atomic mass is 32.1. The molecule has 1 atom stereocenters. The number of carbonyl (C=O) groups is 1. The second-order valence-electron chi connectivity index (χ2n) is 5.85. The monoisotopic (exact) mass is 373 g/mol. The molecule has 7 heteroatoms. The minimum absolute atomic E-state index is 0.0310. The molecule has 0 unspecified atom stereocenters. The van der Waals surface area contributed by atoms with Crippen LogP contribution in [0.4, 0.5) is 0 Å². The summed E-state index contributed by atoms with van der Waals surface area (Å²) in [6, 6.07) is 11.6. The minimum Gasteiger partial charge on any atom is -0.350 e. The minimum atomic E-state index is -0.0909. The van der Waals surface area contributed by atoms with Gasteiger partial charge in [-0.2, -0.15) is 0 Å². The Morgan fingerprint density at radius 3 is 2.84 bits per heavy atom. The highest BCUT2D eigenvalue weighted by molar-refractivity contribution is 7.71. The summed E-state index contributed by atoms with van der Waals surface area (Å²) < 4.78 is 2.59. The number of aromatic nitrogens is 2. The molecule has 3 aromatic rings. The molecule has 0 aliphatic carbocycles. The lowest BCUT2D eigenvalue weighted by molar-refractivity contribution is -0.121. The molecule has 0 aliphatic heterocycles. The van der Waals surface area contributed by atoms with E-state index in [0.29, 0.717) is 28.9 Å². The Labute approximate surface area is 154 Å². The predicted molar refractivity (Wildman–Crippen MR) is 104 cm³/mol. The molecule has 2 heterocycles. The fraction of sp³-hybridized carbons (Fsp3) is 0.278. The first-order valence-electron chi connectivity index (χ1n) is 8.11. The third kappa shape index (κ3) is 4.05. The van der Waals surface area contributed by atoms with E-state index in [-0.39, 0.29) is 17.5 Å². The Kier molecular flexibility index (Phi) is 5.45. The van der Waals surface area contributed by atoms with Crippen LogP contribution < -0.4 is 10.9 Å². The van der Waals surface area contributed by atoms with Crippen molar-refractivity contribution in [2.45, 2.75) is 32.4 Å². The van der Waals surface area contributed by atoms with Crippen LogP contribution >= 0.6 is 23.6 Å². The van der Waals surface area contributed by atoms with Gasteiger partial charge in [0.1, 0.15) is 4.70 Å². The molecule has 0 saturated heterocycles. The average molecular weight is 374 g/mol. The van der Waals surface area contributed by atoms with Crippen LogP contribution in [0.2, 0.25) is 0 Å².